The van der Waals surface area contributed by atoms with E-state index in [0.717, 1.165) is 58.1 Å². The summed E-state index contributed by atoms with van der Waals surface area (Å²) in [5.74, 6) is 0.964. The van der Waals surface area contributed by atoms with Crippen LogP contribution in [-0.2, 0) is 11.3 Å². The Balaban J connectivity index is 1.72. The summed E-state index contributed by atoms with van der Waals surface area (Å²) in [4.78, 5) is 2.43. The molecule has 1 saturated heterocycles. The third-order valence-corrected chi connectivity index (χ3v) is 3.83. The van der Waals surface area contributed by atoms with Gasteiger partial charge in [-0.2, -0.15) is 0 Å². The van der Waals surface area contributed by atoms with E-state index in [2.05, 4.69) is 42.3 Å². The lowest BCUT2D eigenvalue weighted by atomic mass is 10.2. The molecule has 0 saturated carbocycles. The molecule has 2 rings (SSSR count). The second-order valence-corrected chi connectivity index (χ2v) is 5.48. The lowest BCUT2D eigenvalue weighted by molar-refractivity contribution is -0.0324. The SMILES string of the molecule is CCNCc1cccc(OCCN2CCOC(CC)C2)c1. The molecule has 1 heterocycles. The monoisotopic (exact) mass is 292 g/mol. The van der Waals surface area contributed by atoms with E-state index in [1.807, 2.05) is 6.07 Å². The minimum atomic E-state index is 0.391. The van der Waals surface area contributed by atoms with Gasteiger partial charge in [0.05, 0.1) is 12.7 Å². The fourth-order valence-electron chi connectivity index (χ4n) is 2.54. The van der Waals surface area contributed by atoms with Crippen molar-refractivity contribution < 1.29 is 9.47 Å². The Kier molecular flexibility index (Phi) is 7.00. The Labute approximate surface area is 128 Å². The summed E-state index contributed by atoms with van der Waals surface area (Å²) < 4.78 is 11.6. The van der Waals surface area contributed by atoms with Crippen molar-refractivity contribution in [3.63, 3.8) is 0 Å². The van der Waals surface area contributed by atoms with E-state index in [0.29, 0.717) is 6.10 Å². The standard InChI is InChI=1S/C17H28N2O2/c1-3-16-14-19(8-10-20-16)9-11-21-17-7-5-6-15(12-17)13-18-4-2/h5-7,12,16,18H,3-4,8-11,13-14H2,1-2H3. The van der Waals surface area contributed by atoms with Gasteiger partial charge in [-0.3, -0.25) is 4.90 Å². The van der Waals surface area contributed by atoms with Gasteiger partial charge < -0.3 is 14.8 Å². The van der Waals surface area contributed by atoms with Gasteiger partial charge in [0, 0.05) is 26.2 Å². The minimum Gasteiger partial charge on any atom is -0.492 e. The van der Waals surface area contributed by atoms with Gasteiger partial charge in [0.25, 0.3) is 0 Å². The van der Waals surface area contributed by atoms with Crippen LogP contribution in [0, 0.1) is 0 Å². The van der Waals surface area contributed by atoms with Crippen LogP contribution in [0.4, 0.5) is 0 Å². The number of hydrogen-bond donors (Lipinski definition) is 1. The Hall–Kier alpha value is -1.10. The van der Waals surface area contributed by atoms with E-state index in [9.17, 15) is 0 Å². The van der Waals surface area contributed by atoms with Gasteiger partial charge in [0.1, 0.15) is 12.4 Å². The molecule has 21 heavy (non-hydrogen) atoms. The first-order valence-electron chi connectivity index (χ1n) is 8.08. The highest BCUT2D eigenvalue weighted by Crippen LogP contribution is 2.14. The molecule has 1 fully saturated rings. The molecule has 1 aromatic rings. The van der Waals surface area contributed by atoms with Crippen molar-refractivity contribution in [3.8, 4) is 5.75 Å². The first-order chi connectivity index (χ1) is 10.3. The summed E-state index contributed by atoms with van der Waals surface area (Å²) in [6.07, 6.45) is 1.48. The molecule has 4 nitrogen and oxygen atoms in total. The zero-order valence-corrected chi connectivity index (χ0v) is 13.3. The van der Waals surface area contributed by atoms with Crippen molar-refractivity contribution in [2.24, 2.45) is 0 Å². The normalized spacial score (nSPS) is 19.6. The molecular formula is C17H28N2O2. The van der Waals surface area contributed by atoms with Gasteiger partial charge in [-0.25, -0.2) is 0 Å². The lowest BCUT2D eigenvalue weighted by Crippen LogP contribution is -2.43. The summed E-state index contributed by atoms with van der Waals surface area (Å²) >= 11 is 0. The molecular weight excluding hydrogens is 264 g/mol. The predicted molar refractivity (Wildman–Crippen MR) is 85.8 cm³/mol. The predicted octanol–water partition coefficient (Wildman–Crippen LogP) is 2.29. The summed E-state index contributed by atoms with van der Waals surface area (Å²) in [5.41, 5.74) is 1.27. The number of rotatable bonds is 8. The van der Waals surface area contributed by atoms with Crippen LogP contribution < -0.4 is 10.1 Å². The molecule has 1 aromatic carbocycles. The lowest BCUT2D eigenvalue weighted by Gasteiger charge is -2.32. The smallest absolute Gasteiger partial charge is 0.119 e. The topological polar surface area (TPSA) is 33.7 Å². The molecule has 1 N–H and O–H groups in total. The average Bonchev–Trinajstić information content (AvgIpc) is 2.53. The van der Waals surface area contributed by atoms with Crippen LogP contribution in [0.1, 0.15) is 25.8 Å². The molecule has 1 aliphatic rings. The van der Waals surface area contributed by atoms with Crippen LogP contribution >= 0.6 is 0 Å². The van der Waals surface area contributed by atoms with Gasteiger partial charge in [-0.1, -0.05) is 26.0 Å². The molecule has 1 aliphatic heterocycles. The zero-order chi connectivity index (χ0) is 14.9. The quantitative estimate of drug-likeness (QED) is 0.797. The van der Waals surface area contributed by atoms with Gasteiger partial charge in [-0.05, 0) is 30.7 Å². The maximum atomic E-state index is 5.89. The third-order valence-electron chi connectivity index (χ3n) is 3.83. The summed E-state index contributed by atoms with van der Waals surface area (Å²) in [7, 11) is 0. The molecule has 0 bridgehead atoms. The van der Waals surface area contributed by atoms with Crippen LogP contribution in [0.5, 0.6) is 5.75 Å². The maximum absolute atomic E-state index is 5.89. The van der Waals surface area contributed by atoms with E-state index >= 15 is 0 Å². The molecule has 0 aliphatic carbocycles. The van der Waals surface area contributed by atoms with E-state index in [-0.39, 0.29) is 0 Å². The highest BCUT2D eigenvalue weighted by Gasteiger charge is 2.18. The van der Waals surface area contributed by atoms with E-state index < -0.39 is 0 Å². The van der Waals surface area contributed by atoms with Crippen molar-refractivity contribution in [1.82, 2.24) is 10.2 Å². The summed E-state index contributed by atoms with van der Waals surface area (Å²) in [6, 6.07) is 8.34. The second-order valence-electron chi connectivity index (χ2n) is 5.48. The molecule has 0 amide bonds. The maximum Gasteiger partial charge on any atom is 0.119 e. The molecule has 1 unspecified atom stereocenters. The molecule has 4 heteroatoms. The largest absolute Gasteiger partial charge is 0.492 e. The van der Waals surface area contributed by atoms with Crippen LogP contribution in [0.2, 0.25) is 0 Å². The Morgan fingerprint density at radius 2 is 2.29 bits per heavy atom. The Bertz CT molecular complexity index is 412. The van der Waals surface area contributed by atoms with Crippen molar-refractivity contribution >= 4 is 0 Å². The molecule has 1 atom stereocenters. The van der Waals surface area contributed by atoms with Crippen molar-refractivity contribution in [3.05, 3.63) is 29.8 Å². The third kappa shape index (κ3) is 5.65. The highest BCUT2D eigenvalue weighted by atomic mass is 16.5. The number of morpholine rings is 1. The molecule has 118 valence electrons. The molecule has 0 spiro atoms. The van der Waals surface area contributed by atoms with Crippen LogP contribution in [0.3, 0.4) is 0 Å². The molecule has 0 radical (unpaired) electrons. The van der Waals surface area contributed by atoms with E-state index in [1.165, 1.54) is 5.56 Å². The number of nitrogens with one attached hydrogen (secondary N) is 1. The van der Waals surface area contributed by atoms with E-state index in [1.54, 1.807) is 0 Å². The van der Waals surface area contributed by atoms with Crippen molar-refractivity contribution in [2.45, 2.75) is 32.9 Å². The zero-order valence-electron chi connectivity index (χ0n) is 13.3. The number of hydrogen-bond acceptors (Lipinski definition) is 4. The fourth-order valence-corrected chi connectivity index (χ4v) is 2.54. The number of ether oxygens (including phenoxy) is 2. The average molecular weight is 292 g/mol. The van der Waals surface area contributed by atoms with Crippen molar-refractivity contribution in [2.75, 3.05) is 39.4 Å². The van der Waals surface area contributed by atoms with Gasteiger partial charge in [0.2, 0.25) is 0 Å². The Morgan fingerprint density at radius 1 is 1.38 bits per heavy atom. The fraction of sp³-hybridized carbons (Fsp3) is 0.647. The van der Waals surface area contributed by atoms with Crippen LogP contribution in [-0.4, -0.2) is 50.4 Å². The van der Waals surface area contributed by atoms with Gasteiger partial charge >= 0.3 is 0 Å². The van der Waals surface area contributed by atoms with Crippen molar-refractivity contribution in [1.29, 1.82) is 0 Å². The highest BCUT2D eigenvalue weighted by molar-refractivity contribution is 5.28. The van der Waals surface area contributed by atoms with Crippen LogP contribution in [0.15, 0.2) is 24.3 Å². The summed E-state index contributed by atoms with van der Waals surface area (Å²) in [5, 5.41) is 3.33. The molecule has 0 aromatic heterocycles. The number of nitrogens with zero attached hydrogens (tertiary/aromatic N) is 1. The van der Waals surface area contributed by atoms with Crippen LogP contribution in [0.25, 0.3) is 0 Å². The van der Waals surface area contributed by atoms with Gasteiger partial charge in [0.15, 0.2) is 0 Å². The summed E-state index contributed by atoms with van der Waals surface area (Å²) in [6.45, 7) is 10.8. The first-order valence-corrected chi connectivity index (χ1v) is 8.08. The first kappa shape index (κ1) is 16.3. The van der Waals surface area contributed by atoms with E-state index in [4.69, 9.17) is 9.47 Å². The Morgan fingerprint density at radius 3 is 3.10 bits per heavy atom. The number of benzene rings is 1. The minimum absolute atomic E-state index is 0.391. The second kappa shape index (κ2) is 9.03. The van der Waals surface area contributed by atoms with Gasteiger partial charge in [-0.15, -0.1) is 0 Å².